The molecule has 1 aliphatic heterocycles. The smallest absolute Gasteiger partial charge is 0.129 e. The van der Waals surface area contributed by atoms with Gasteiger partial charge in [0, 0.05) is 17.8 Å². The van der Waals surface area contributed by atoms with Crippen LogP contribution in [0.4, 0.5) is 0 Å². The predicted octanol–water partition coefficient (Wildman–Crippen LogP) is 3.18. The molecule has 28 heavy (non-hydrogen) atoms. The van der Waals surface area contributed by atoms with Crippen molar-refractivity contribution in [2.24, 2.45) is 5.92 Å². The summed E-state index contributed by atoms with van der Waals surface area (Å²) >= 11 is 0. The SMILES string of the molecule is C[N+]1(CCO)CC[N+](C)(CC2CC3c4ccccc4C2c2ccccc23)CC1. The lowest BCUT2D eigenvalue weighted by molar-refractivity contribution is -1.02. The molecule has 1 heterocycles. The molecule has 3 nitrogen and oxygen atoms in total. The van der Waals surface area contributed by atoms with Crippen molar-refractivity contribution in [3.63, 3.8) is 0 Å². The number of aliphatic hydroxyl groups is 1. The first-order valence-electron chi connectivity index (χ1n) is 11.0. The number of aliphatic hydroxyl groups excluding tert-OH is 1. The summed E-state index contributed by atoms with van der Waals surface area (Å²) in [5, 5.41) is 9.41. The molecule has 1 N–H and O–H groups in total. The van der Waals surface area contributed by atoms with Crippen molar-refractivity contribution in [1.29, 1.82) is 0 Å². The van der Waals surface area contributed by atoms with Gasteiger partial charge in [0.1, 0.15) is 32.7 Å². The van der Waals surface area contributed by atoms with Gasteiger partial charge in [0.15, 0.2) is 0 Å². The summed E-state index contributed by atoms with van der Waals surface area (Å²) < 4.78 is 2.23. The van der Waals surface area contributed by atoms with Crippen LogP contribution in [0, 0.1) is 5.92 Å². The van der Waals surface area contributed by atoms with Crippen LogP contribution in [0.2, 0.25) is 0 Å². The summed E-state index contributed by atoms with van der Waals surface area (Å²) in [6.45, 7) is 7.31. The number of nitrogens with zero attached hydrogens (tertiary/aromatic N) is 2. The van der Waals surface area contributed by atoms with Gasteiger partial charge in [-0.25, -0.2) is 0 Å². The topological polar surface area (TPSA) is 20.2 Å². The molecular weight excluding hydrogens is 344 g/mol. The van der Waals surface area contributed by atoms with Crippen LogP contribution in [-0.2, 0) is 0 Å². The maximum atomic E-state index is 9.41. The first-order valence-corrected chi connectivity index (χ1v) is 11.0. The molecule has 0 spiro atoms. The van der Waals surface area contributed by atoms with Crippen LogP contribution in [0.15, 0.2) is 48.5 Å². The Balaban J connectivity index is 1.42. The minimum Gasteiger partial charge on any atom is -0.391 e. The van der Waals surface area contributed by atoms with Gasteiger partial charge >= 0.3 is 0 Å². The second-order valence-corrected chi connectivity index (χ2v) is 10.0. The van der Waals surface area contributed by atoms with Gasteiger partial charge in [0.25, 0.3) is 0 Å². The molecule has 148 valence electrons. The molecule has 1 fully saturated rings. The zero-order valence-corrected chi connectivity index (χ0v) is 17.3. The lowest BCUT2D eigenvalue weighted by Crippen LogP contribution is -2.65. The van der Waals surface area contributed by atoms with Crippen LogP contribution in [-0.4, -0.2) is 74.0 Å². The molecule has 4 aliphatic rings. The fraction of sp³-hybridized carbons (Fsp3) is 0.520. The maximum Gasteiger partial charge on any atom is 0.129 e. The Kier molecular flexibility index (Phi) is 4.38. The maximum absolute atomic E-state index is 9.41. The number of quaternary nitrogens is 2. The minimum atomic E-state index is 0.306. The summed E-state index contributed by atoms with van der Waals surface area (Å²) in [7, 11) is 4.79. The monoisotopic (exact) mass is 378 g/mol. The number of hydrogen-bond acceptors (Lipinski definition) is 1. The number of rotatable bonds is 4. The summed E-state index contributed by atoms with van der Waals surface area (Å²) in [6, 6.07) is 18.4. The van der Waals surface area contributed by atoms with Crippen molar-refractivity contribution >= 4 is 0 Å². The van der Waals surface area contributed by atoms with Crippen LogP contribution < -0.4 is 0 Å². The quantitative estimate of drug-likeness (QED) is 0.810. The van der Waals surface area contributed by atoms with Crippen molar-refractivity contribution in [3.05, 3.63) is 70.8 Å². The normalized spacial score (nSPS) is 36.0. The third-order valence-electron chi connectivity index (χ3n) is 8.10. The Morgan fingerprint density at radius 3 is 1.82 bits per heavy atom. The van der Waals surface area contributed by atoms with E-state index in [4.69, 9.17) is 0 Å². The average molecular weight is 379 g/mol. The first kappa shape index (κ1) is 18.4. The van der Waals surface area contributed by atoms with Gasteiger partial charge in [0.05, 0.1) is 27.2 Å². The predicted molar refractivity (Wildman–Crippen MR) is 113 cm³/mol. The van der Waals surface area contributed by atoms with Crippen molar-refractivity contribution < 1.29 is 14.1 Å². The van der Waals surface area contributed by atoms with Crippen molar-refractivity contribution in [1.82, 2.24) is 0 Å². The first-order chi connectivity index (χ1) is 13.5. The van der Waals surface area contributed by atoms with Gasteiger partial charge in [-0.2, -0.15) is 0 Å². The molecule has 0 aromatic heterocycles. The third kappa shape index (κ3) is 2.92. The largest absolute Gasteiger partial charge is 0.391 e. The van der Waals surface area contributed by atoms with Crippen molar-refractivity contribution in [2.75, 3.05) is 60.0 Å². The second kappa shape index (κ2) is 6.69. The lowest BCUT2D eigenvalue weighted by atomic mass is 9.59. The number of likely N-dealkylation sites (N-methyl/N-ethyl adjacent to an activating group) is 2. The van der Waals surface area contributed by atoms with E-state index in [2.05, 4.69) is 62.6 Å². The van der Waals surface area contributed by atoms with Crippen LogP contribution in [0.1, 0.15) is 40.5 Å². The minimum absolute atomic E-state index is 0.306. The highest BCUT2D eigenvalue weighted by Gasteiger charge is 2.47. The second-order valence-electron chi connectivity index (χ2n) is 10.0. The van der Waals surface area contributed by atoms with Crippen LogP contribution in [0.3, 0.4) is 0 Å². The standard InChI is InChI=1S/C25H34N2O/c1-26(15-16-28)11-13-27(2,14-12-26)18-19-17-24-20-7-3-5-9-22(20)25(19)23-10-6-4-8-21(23)24/h3-10,19,24-25,28H,11-18H2,1-2H3/q+2. The molecule has 2 aromatic carbocycles. The molecule has 1 atom stereocenters. The zero-order chi connectivity index (χ0) is 19.4. The van der Waals surface area contributed by atoms with E-state index >= 15 is 0 Å². The summed E-state index contributed by atoms with van der Waals surface area (Å²) in [4.78, 5) is 0. The molecule has 2 bridgehead atoms. The molecule has 3 heteroatoms. The van der Waals surface area contributed by atoms with Gasteiger partial charge in [-0.3, -0.25) is 0 Å². The van der Waals surface area contributed by atoms with E-state index in [1.165, 1.54) is 43.6 Å². The Hall–Kier alpha value is -1.68. The lowest BCUT2D eigenvalue weighted by Gasteiger charge is -2.51. The van der Waals surface area contributed by atoms with E-state index in [9.17, 15) is 5.11 Å². The average Bonchev–Trinajstić information content (AvgIpc) is 2.71. The number of fused-ring (bicyclic) bond motifs is 1. The molecule has 6 rings (SSSR count). The van der Waals surface area contributed by atoms with E-state index in [1.54, 1.807) is 22.3 Å². The van der Waals surface area contributed by atoms with E-state index in [-0.39, 0.29) is 0 Å². The van der Waals surface area contributed by atoms with Crippen LogP contribution >= 0.6 is 0 Å². The highest BCUT2D eigenvalue weighted by atomic mass is 16.3. The Morgan fingerprint density at radius 1 is 0.786 bits per heavy atom. The molecule has 1 unspecified atom stereocenters. The zero-order valence-electron chi connectivity index (χ0n) is 17.3. The van der Waals surface area contributed by atoms with Gasteiger partial charge < -0.3 is 14.1 Å². The molecule has 0 radical (unpaired) electrons. The van der Waals surface area contributed by atoms with Crippen molar-refractivity contribution in [2.45, 2.75) is 18.3 Å². The molecule has 2 aromatic rings. The highest BCUT2D eigenvalue weighted by Crippen LogP contribution is 2.55. The summed E-state index contributed by atoms with van der Waals surface area (Å²) in [6.07, 6.45) is 1.30. The number of hydrogen-bond donors (Lipinski definition) is 1. The fourth-order valence-electron chi connectivity index (χ4n) is 6.34. The summed E-state index contributed by atoms with van der Waals surface area (Å²) in [5.74, 6) is 1.87. The highest BCUT2D eigenvalue weighted by molar-refractivity contribution is 5.55. The molecule has 1 saturated heterocycles. The van der Waals surface area contributed by atoms with Gasteiger partial charge in [0.2, 0.25) is 0 Å². The molecule has 0 amide bonds. The van der Waals surface area contributed by atoms with Crippen LogP contribution in [0.5, 0.6) is 0 Å². The Labute approximate surface area is 169 Å². The van der Waals surface area contributed by atoms with Crippen molar-refractivity contribution in [3.8, 4) is 0 Å². The summed E-state index contributed by atoms with van der Waals surface area (Å²) in [5.41, 5.74) is 6.34. The fourth-order valence-corrected chi connectivity index (χ4v) is 6.34. The Bertz CT molecular complexity index is 821. The van der Waals surface area contributed by atoms with Gasteiger partial charge in [-0.05, 0) is 28.7 Å². The van der Waals surface area contributed by atoms with Gasteiger partial charge in [-0.15, -0.1) is 0 Å². The van der Waals surface area contributed by atoms with E-state index in [1.807, 2.05) is 0 Å². The van der Waals surface area contributed by atoms with Crippen LogP contribution in [0.25, 0.3) is 0 Å². The van der Waals surface area contributed by atoms with E-state index in [0.29, 0.717) is 18.4 Å². The molecule has 3 aliphatic carbocycles. The molecular formula is C25H34N2O+2. The number of benzene rings is 2. The Morgan fingerprint density at radius 2 is 1.29 bits per heavy atom. The van der Waals surface area contributed by atoms with E-state index < -0.39 is 0 Å². The third-order valence-corrected chi connectivity index (χ3v) is 8.10. The van der Waals surface area contributed by atoms with E-state index in [0.717, 1.165) is 16.9 Å². The van der Waals surface area contributed by atoms with Gasteiger partial charge in [-0.1, -0.05) is 48.5 Å². The number of piperazine rings is 1. The molecule has 0 saturated carbocycles.